The van der Waals surface area contributed by atoms with Gasteiger partial charge in [-0.3, -0.25) is 0 Å². The fourth-order valence-electron chi connectivity index (χ4n) is 2.61. The number of nitrogens with zero attached hydrogens (tertiary/aromatic N) is 2. The van der Waals surface area contributed by atoms with Gasteiger partial charge in [0.25, 0.3) is 0 Å². The first-order valence-corrected chi connectivity index (χ1v) is 8.46. The molecule has 0 aromatic carbocycles. The van der Waals surface area contributed by atoms with Crippen molar-refractivity contribution in [2.45, 2.75) is 38.8 Å². The number of aryl methyl sites for hydroxylation is 1. The van der Waals surface area contributed by atoms with Crippen molar-refractivity contribution in [1.82, 2.24) is 9.97 Å². The Kier molecular flexibility index (Phi) is 4.73. The van der Waals surface area contributed by atoms with Crippen LogP contribution in [0.2, 0.25) is 5.15 Å². The topological polar surface area (TPSA) is 47.0 Å². The summed E-state index contributed by atoms with van der Waals surface area (Å²) in [6.45, 7) is 2.98. The summed E-state index contributed by atoms with van der Waals surface area (Å²) < 4.78 is 5.35. The molecule has 6 heteroatoms. The predicted octanol–water partition coefficient (Wildman–Crippen LogP) is 4.22. The third-order valence-corrected chi connectivity index (χ3v) is 4.74. The van der Waals surface area contributed by atoms with Crippen LogP contribution in [0.3, 0.4) is 0 Å². The second-order valence-corrected chi connectivity index (χ2v) is 6.41. The van der Waals surface area contributed by atoms with Crippen LogP contribution < -0.4 is 5.32 Å². The molecule has 0 aliphatic heterocycles. The lowest BCUT2D eigenvalue weighted by molar-refractivity contribution is 0.128. The van der Waals surface area contributed by atoms with Gasteiger partial charge in [-0.15, -0.1) is 11.3 Å². The van der Waals surface area contributed by atoms with E-state index in [-0.39, 0.29) is 0 Å². The van der Waals surface area contributed by atoms with Gasteiger partial charge in [-0.05, 0) is 43.2 Å². The number of hydrogen-bond acceptors (Lipinski definition) is 5. The van der Waals surface area contributed by atoms with Crippen LogP contribution in [0.15, 0.2) is 17.5 Å². The summed E-state index contributed by atoms with van der Waals surface area (Å²) in [5.41, 5.74) is 1.40. The molecule has 21 heavy (non-hydrogen) atoms. The molecule has 1 unspecified atom stereocenters. The molecule has 1 atom stereocenters. The molecule has 3 rings (SSSR count). The van der Waals surface area contributed by atoms with Crippen LogP contribution in [0.4, 0.5) is 5.82 Å². The van der Waals surface area contributed by atoms with Crippen LogP contribution >= 0.6 is 22.9 Å². The third-order valence-electron chi connectivity index (χ3n) is 3.55. The van der Waals surface area contributed by atoms with Gasteiger partial charge in [0.2, 0.25) is 0 Å². The molecule has 0 bridgehead atoms. The van der Waals surface area contributed by atoms with Crippen LogP contribution in [0.5, 0.6) is 0 Å². The summed E-state index contributed by atoms with van der Waals surface area (Å²) in [4.78, 5) is 10.2. The quantitative estimate of drug-likeness (QED) is 0.837. The average Bonchev–Trinajstić information content (AvgIpc) is 2.94. The molecule has 2 aromatic rings. The summed E-state index contributed by atoms with van der Waals surface area (Å²) in [6.07, 6.45) is 3.51. The fourth-order valence-corrected chi connectivity index (χ4v) is 3.80. The SMILES string of the molecule is CCOCc1nc(Cl)cc(NC2CCCc3sccc32)n1. The highest BCUT2D eigenvalue weighted by atomic mass is 35.5. The molecular weight excluding hydrogens is 306 g/mol. The highest BCUT2D eigenvalue weighted by Gasteiger charge is 2.21. The van der Waals surface area contributed by atoms with Crippen molar-refractivity contribution in [3.63, 3.8) is 0 Å². The van der Waals surface area contributed by atoms with E-state index in [1.165, 1.54) is 23.3 Å². The number of fused-ring (bicyclic) bond motifs is 1. The first-order valence-electron chi connectivity index (χ1n) is 7.20. The van der Waals surface area contributed by atoms with Gasteiger partial charge in [-0.25, -0.2) is 9.97 Å². The van der Waals surface area contributed by atoms with Crippen molar-refractivity contribution in [3.8, 4) is 0 Å². The number of hydrogen-bond donors (Lipinski definition) is 1. The zero-order valence-electron chi connectivity index (χ0n) is 11.9. The lowest BCUT2D eigenvalue weighted by atomic mass is 9.94. The molecule has 0 radical (unpaired) electrons. The van der Waals surface area contributed by atoms with Gasteiger partial charge in [-0.2, -0.15) is 0 Å². The zero-order valence-corrected chi connectivity index (χ0v) is 13.5. The van der Waals surface area contributed by atoms with E-state index >= 15 is 0 Å². The maximum absolute atomic E-state index is 6.08. The smallest absolute Gasteiger partial charge is 0.158 e. The van der Waals surface area contributed by atoms with Crippen LogP contribution in [-0.2, 0) is 17.8 Å². The Bertz CT molecular complexity index is 617. The van der Waals surface area contributed by atoms with Crippen LogP contribution in [0.1, 0.15) is 42.1 Å². The molecule has 2 heterocycles. The molecule has 0 spiro atoms. The van der Waals surface area contributed by atoms with Gasteiger partial charge < -0.3 is 10.1 Å². The maximum Gasteiger partial charge on any atom is 0.158 e. The highest BCUT2D eigenvalue weighted by molar-refractivity contribution is 7.10. The van der Waals surface area contributed by atoms with Crippen LogP contribution in [0, 0.1) is 0 Å². The van der Waals surface area contributed by atoms with Crippen LogP contribution in [0.25, 0.3) is 0 Å². The fraction of sp³-hybridized carbons (Fsp3) is 0.467. The minimum atomic E-state index is 0.311. The van der Waals surface area contributed by atoms with Gasteiger partial charge in [-0.1, -0.05) is 11.6 Å². The van der Waals surface area contributed by atoms with Crippen molar-refractivity contribution in [2.24, 2.45) is 0 Å². The highest BCUT2D eigenvalue weighted by Crippen LogP contribution is 2.35. The Morgan fingerprint density at radius 1 is 1.48 bits per heavy atom. The molecule has 4 nitrogen and oxygen atoms in total. The van der Waals surface area contributed by atoms with E-state index in [1.807, 2.05) is 18.3 Å². The van der Waals surface area contributed by atoms with Crippen molar-refractivity contribution < 1.29 is 4.74 Å². The Morgan fingerprint density at radius 2 is 2.38 bits per heavy atom. The van der Waals surface area contributed by atoms with Crippen LogP contribution in [-0.4, -0.2) is 16.6 Å². The van der Waals surface area contributed by atoms with E-state index < -0.39 is 0 Å². The molecule has 112 valence electrons. The minimum absolute atomic E-state index is 0.311. The molecule has 0 fully saturated rings. The molecule has 1 aliphatic rings. The lowest BCUT2D eigenvalue weighted by Crippen LogP contribution is -2.17. The molecule has 0 saturated heterocycles. The number of aromatic nitrogens is 2. The van der Waals surface area contributed by atoms with Gasteiger partial charge in [0, 0.05) is 17.6 Å². The van der Waals surface area contributed by atoms with Crippen molar-refractivity contribution in [2.75, 3.05) is 11.9 Å². The second-order valence-electron chi connectivity index (χ2n) is 5.02. The van der Waals surface area contributed by atoms with Crippen molar-refractivity contribution in [3.05, 3.63) is 38.9 Å². The second kappa shape index (κ2) is 6.73. The summed E-state index contributed by atoms with van der Waals surface area (Å²) >= 11 is 7.92. The Labute approximate surface area is 133 Å². The standard InChI is InChI=1S/C15H18ClN3OS/c1-2-20-9-15-18-13(16)8-14(19-15)17-11-4-3-5-12-10(11)6-7-21-12/h6-8,11H,2-5,9H2,1H3,(H,17,18,19). The number of anilines is 1. The lowest BCUT2D eigenvalue weighted by Gasteiger charge is -2.24. The predicted molar refractivity (Wildman–Crippen MR) is 86.0 cm³/mol. The molecule has 1 aliphatic carbocycles. The maximum atomic E-state index is 6.08. The van der Waals surface area contributed by atoms with E-state index in [1.54, 1.807) is 6.07 Å². The van der Waals surface area contributed by atoms with Gasteiger partial charge in [0.15, 0.2) is 5.82 Å². The summed E-state index contributed by atoms with van der Waals surface area (Å²) in [5.74, 6) is 1.39. The van der Waals surface area contributed by atoms with E-state index in [2.05, 4.69) is 26.7 Å². The van der Waals surface area contributed by atoms with Crippen molar-refractivity contribution >= 4 is 28.8 Å². The molecule has 2 aromatic heterocycles. The summed E-state index contributed by atoms with van der Waals surface area (Å²) in [7, 11) is 0. The largest absolute Gasteiger partial charge is 0.374 e. The zero-order chi connectivity index (χ0) is 14.7. The first kappa shape index (κ1) is 14.8. The number of nitrogens with one attached hydrogen (secondary N) is 1. The minimum Gasteiger partial charge on any atom is -0.374 e. The molecular formula is C15H18ClN3OS. The Balaban J connectivity index is 1.78. The van der Waals surface area contributed by atoms with E-state index in [0.717, 1.165) is 12.2 Å². The number of thiophene rings is 1. The van der Waals surface area contributed by atoms with E-state index in [4.69, 9.17) is 16.3 Å². The van der Waals surface area contributed by atoms with Gasteiger partial charge in [0.1, 0.15) is 17.6 Å². The molecule has 0 amide bonds. The number of rotatable bonds is 5. The van der Waals surface area contributed by atoms with E-state index in [9.17, 15) is 0 Å². The monoisotopic (exact) mass is 323 g/mol. The first-order chi connectivity index (χ1) is 10.3. The average molecular weight is 324 g/mol. The van der Waals surface area contributed by atoms with E-state index in [0.29, 0.717) is 30.2 Å². The third kappa shape index (κ3) is 3.54. The number of halogens is 1. The molecule has 1 N–H and O–H groups in total. The molecule has 0 saturated carbocycles. The summed E-state index contributed by atoms with van der Waals surface area (Å²) in [5, 5.41) is 6.11. The Hall–Kier alpha value is -1.17. The van der Waals surface area contributed by atoms with Gasteiger partial charge in [0.05, 0.1) is 6.04 Å². The summed E-state index contributed by atoms with van der Waals surface area (Å²) in [6, 6.07) is 4.30. The normalized spacial score (nSPS) is 17.5. The number of ether oxygens (including phenoxy) is 1. The Morgan fingerprint density at radius 3 is 3.24 bits per heavy atom. The van der Waals surface area contributed by atoms with Crippen molar-refractivity contribution in [1.29, 1.82) is 0 Å². The van der Waals surface area contributed by atoms with Gasteiger partial charge >= 0.3 is 0 Å².